The molecule has 0 unspecified atom stereocenters. The van der Waals surface area contributed by atoms with E-state index in [9.17, 15) is 14.9 Å². The molecule has 6 heteroatoms. The van der Waals surface area contributed by atoms with Crippen molar-refractivity contribution in [3.63, 3.8) is 0 Å². The highest BCUT2D eigenvalue weighted by atomic mass is 32.2. The Morgan fingerprint density at radius 2 is 2.06 bits per heavy atom. The predicted octanol–water partition coefficient (Wildman–Crippen LogP) is 2.35. The van der Waals surface area contributed by atoms with E-state index in [1.54, 1.807) is 12.1 Å². The van der Waals surface area contributed by atoms with Crippen LogP contribution < -0.4 is 5.32 Å². The molecule has 0 aromatic heterocycles. The molecule has 18 heavy (non-hydrogen) atoms. The van der Waals surface area contributed by atoms with E-state index in [-0.39, 0.29) is 11.6 Å². The Bertz CT molecular complexity index is 406. The third kappa shape index (κ3) is 5.18. The van der Waals surface area contributed by atoms with Gasteiger partial charge in [0.15, 0.2) is 0 Å². The number of amides is 1. The fourth-order valence-electron chi connectivity index (χ4n) is 1.29. The van der Waals surface area contributed by atoms with Crippen molar-refractivity contribution < 1.29 is 9.72 Å². The quantitative estimate of drug-likeness (QED) is 0.608. The number of rotatable bonds is 7. The van der Waals surface area contributed by atoms with Gasteiger partial charge in [0.25, 0.3) is 5.69 Å². The topological polar surface area (TPSA) is 72.2 Å². The van der Waals surface area contributed by atoms with Gasteiger partial charge in [0.2, 0.25) is 5.91 Å². The molecule has 0 saturated carbocycles. The number of benzene rings is 1. The Balaban J connectivity index is 2.31. The lowest BCUT2D eigenvalue weighted by Crippen LogP contribution is -2.25. The Morgan fingerprint density at radius 3 is 2.61 bits per heavy atom. The van der Waals surface area contributed by atoms with Gasteiger partial charge in [-0.25, -0.2) is 0 Å². The van der Waals surface area contributed by atoms with Crippen molar-refractivity contribution in [3.05, 3.63) is 39.9 Å². The highest BCUT2D eigenvalue weighted by Gasteiger charge is 2.05. The fraction of sp³-hybridized carbons (Fsp3) is 0.417. The summed E-state index contributed by atoms with van der Waals surface area (Å²) in [6.45, 7) is 2.71. The van der Waals surface area contributed by atoms with Crippen LogP contribution in [-0.2, 0) is 10.5 Å². The summed E-state index contributed by atoms with van der Waals surface area (Å²) in [4.78, 5) is 21.4. The standard InChI is InChI=1S/C12H16N2O3S/c1-2-7-13-12(15)9-18-8-10-3-5-11(6-4-10)14(16)17/h3-6H,2,7-9H2,1H3,(H,13,15). The normalized spacial score (nSPS) is 10.1. The van der Waals surface area contributed by atoms with Crippen molar-refractivity contribution in [2.45, 2.75) is 19.1 Å². The zero-order chi connectivity index (χ0) is 13.4. The summed E-state index contributed by atoms with van der Waals surface area (Å²) in [7, 11) is 0. The van der Waals surface area contributed by atoms with Crippen molar-refractivity contribution in [3.8, 4) is 0 Å². The van der Waals surface area contributed by atoms with Crippen LogP contribution in [0.15, 0.2) is 24.3 Å². The van der Waals surface area contributed by atoms with Crippen LogP contribution in [0.1, 0.15) is 18.9 Å². The number of thioether (sulfide) groups is 1. The summed E-state index contributed by atoms with van der Waals surface area (Å²) in [5, 5.41) is 13.3. The summed E-state index contributed by atoms with van der Waals surface area (Å²) in [6.07, 6.45) is 0.929. The summed E-state index contributed by atoms with van der Waals surface area (Å²) < 4.78 is 0. The molecule has 1 N–H and O–H groups in total. The Labute approximate surface area is 110 Å². The Morgan fingerprint density at radius 1 is 1.39 bits per heavy atom. The molecule has 0 fully saturated rings. The first-order valence-electron chi connectivity index (χ1n) is 5.71. The molecule has 0 radical (unpaired) electrons. The minimum absolute atomic E-state index is 0.0313. The van der Waals surface area contributed by atoms with Crippen LogP contribution in [0.4, 0.5) is 5.69 Å². The van der Waals surface area contributed by atoms with Crippen LogP contribution in [0.2, 0.25) is 0 Å². The van der Waals surface area contributed by atoms with Gasteiger partial charge >= 0.3 is 0 Å². The van der Waals surface area contributed by atoms with Crippen molar-refractivity contribution in [2.75, 3.05) is 12.3 Å². The molecule has 1 aromatic carbocycles. The van der Waals surface area contributed by atoms with E-state index in [1.165, 1.54) is 23.9 Å². The smallest absolute Gasteiger partial charge is 0.269 e. The van der Waals surface area contributed by atoms with Gasteiger partial charge in [-0.3, -0.25) is 14.9 Å². The van der Waals surface area contributed by atoms with Gasteiger partial charge in [0.1, 0.15) is 0 Å². The number of carbonyl (C=O) groups excluding carboxylic acids is 1. The van der Waals surface area contributed by atoms with E-state index < -0.39 is 4.92 Å². The van der Waals surface area contributed by atoms with Gasteiger partial charge in [-0.2, -0.15) is 0 Å². The maximum Gasteiger partial charge on any atom is 0.269 e. The zero-order valence-corrected chi connectivity index (χ0v) is 11.0. The minimum atomic E-state index is -0.422. The lowest BCUT2D eigenvalue weighted by molar-refractivity contribution is -0.384. The fourth-order valence-corrected chi connectivity index (χ4v) is 2.11. The number of nitrogens with one attached hydrogen (secondary N) is 1. The van der Waals surface area contributed by atoms with Gasteiger partial charge in [-0.05, 0) is 12.0 Å². The van der Waals surface area contributed by atoms with Crippen molar-refractivity contribution in [2.24, 2.45) is 0 Å². The SMILES string of the molecule is CCCNC(=O)CSCc1ccc([N+](=O)[O-])cc1. The summed E-state index contributed by atoms with van der Waals surface area (Å²) in [5.41, 5.74) is 1.07. The number of carbonyl (C=O) groups is 1. The Kier molecular flexibility index (Phi) is 6.21. The van der Waals surface area contributed by atoms with Crippen LogP contribution in [0, 0.1) is 10.1 Å². The molecule has 1 rings (SSSR count). The lowest BCUT2D eigenvalue weighted by Gasteiger charge is -2.03. The summed E-state index contributed by atoms with van der Waals surface area (Å²) in [5.74, 6) is 1.12. The van der Waals surface area contributed by atoms with Gasteiger partial charge in [-0.15, -0.1) is 11.8 Å². The molecule has 0 bridgehead atoms. The highest BCUT2D eigenvalue weighted by molar-refractivity contribution is 7.99. The zero-order valence-electron chi connectivity index (χ0n) is 10.2. The van der Waals surface area contributed by atoms with E-state index in [4.69, 9.17) is 0 Å². The molecule has 0 saturated heterocycles. The summed E-state index contributed by atoms with van der Waals surface area (Å²) >= 11 is 1.50. The lowest BCUT2D eigenvalue weighted by atomic mass is 10.2. The largest absolute Gasteiger partial charge is 0.355 e. The average Bonchev–Trinajstić information content (AvgIpc) is 2.37. The van der Waals surface area contributed by atoms with E-state index >= 15 is 0 Å². The number of hydrogen-bond donors (Lipinski definition) is 1. The first kappa shape index (κ1) is 14.5. The van der Waals surface area contributed by atoms with Crippen molar-refractivity contribution in [1.29, 1.82) is 0 Å². The molecule has 1 amide bonds. The van der Waals surface area contributed by atoms with Gasteiger partial charge in [0, 0.05) is 24.4 Å². The third-order valence-electron chi connectivity index (χ3n) is 2.22. The molecule has 0 heterocycles. The molecule has 0 aliphatic rings. The van der Waals surface area contributed by atoms with Crippen LogP contribution in [-0.4, -0.2) is 23.1 Å². The van der Waals surface area contributed by atoms with E-state index in [2.05, 4.69) is 5.32 Å². The van der Waals surface area contributed by atoms with Crippen LogP contribution in [0.25, 0.3) is 0 Å². The van der Waals surface area contributed by atoms with Crippen molar-refractivity contribution >= 4 is 23.4 Å². The van der Waals surface area contributed by atoms with Gasteiger partial charge in [0.05, 0.1) is 10.7 Å². The Hall–Kier alpha value is -1.56. The molecule has 98 valence electrons. The minimum Gasteiger partial charge on any atom is -0.355 e. The van der Waals surface area contributed by atoms with Crippen molar-refractivity contribution in [1.82, 2.24) is 5.32 Å². The molecule has 5 nitrogen and oxygen atoms in total. The first-order valence-corrected chi connectivity index (χ1v) is 6.86. The number of non-ortho nitro benzene ring substituents is 1. The molecule has 1 aromatic rings. The molecular formula is C12H16N2O3S. The molecule has 0 atom stereocenters. The first-order chi connectivity index (χ1) is 8.63. The van der Waals surface area contributed by atoms with Crippen LogP contribution in [0.5, 0.6) is 0 Å². The molecule has 0 spiro atoms. The maximum atomic E-state index is 11.3. The average molecular weight is 268 g/mol. The second-order valence-electron chi connectivity index (χ2n) is 3.77. The van der Waals surface area contributed by atoms with E-state index in [0.29, 0.717) is 18.1 Å². The summed E-state index contributed by atoms with van der Waals surface area (Å²) in [6, 6.07) is 6.39. The second kappa shape index (κ2) is 7.71. The van der Waals surface area contributed by atoms with E-state index in [0.717, 1.165) is 12.0 Å². The number of hydrogen-bond acceptors (Lipinski definition) is 4. The highest BCUT2D eigenvalue weighted by Crippen LogP contribution is 2.16. The molecular weight excluding hydrogens is 252 g/mol. The second-order valence-corrected chi connectivity index (χ2v) is 4.75. The number of nitro groups is 1. The maximum absolute atomic E-state index is 11.3. The predicted molar refractivity (Wildman–Crippen MR) is 72.6 cm³/mol. The number of nitro benzene ring substituents is 1. The number of nitrogens with zero attached hydrogens (tertiary/aromatic N) is 1. The van der Waals surface area contributed by atoms with Gasteiger partial charge < -0.3 is 5.32 Å². The monoisotopic (exact) mass is 268 g/mol. The van der Waals surface area contributed by atoms with Crippen LogP contribution in [0.3, 0.4) is 0 Å². The third-order valence-corrected chi connectivity index (χ3v) is 3.22. The van der Waals surface area contributed by atoms with Crippen LogP contribution >= 0.6 is 11.8 Å². The van der Waals surface area contributed by atoms with Gasteiger partial charge in [-0.1, -0.05) is 19.1 Å². The van der Waals surface area contributed by atoms with E-state index in [1.807, 2.05) is 6.92 Å². The molecule has 0 aliphatic heterocycles. The molecule has 0 aliphatic carbocycles.